The van der Waals surface area contributed by atoms with E-state index in [4.69, 9.17) is 16.3 Å². The van der Waals surface area contributed by atoms with Crippen LogP contribution in [-0.2, 0) is 21.2 Å². The molecule has 9 N–H and O–H groups in total. The minimum Gasteiger partial charge on any atom is -0.534 e. The largest absolute Gasteiger partial charge is 0.547 e. The second-order valence-electron chi connectivity index (χ2n) is 11.6. The van der Waals surface area contributed by atoms with Crippen molar-refractivity contribution >= 4 is 64.4 Å². The first-order valence-electron chi connectivity index (χ1n) is 15.5. The van der Waals surface area contributed by atoms with Gasteiger partial charge in [-0.05, 0) is 36.2 Å². The summed E-state index contributed by atoms with van der Waals surface area (Å²) in [5.41, 5.74) is -1.33. The number of halogens is 3. The lowest BCUT2D eigenvalue weighted by Crippen LogP contribution is -2.56. The fourth-order valence-electron chi connectivity index (χ4n) is 5.47. The number of imide groups is 1. The topological polar surface area (TPSA) is 284 Å². The molecule has 0 saturated carbocycles. The number of phenolic OH excluding ortho intramolecular Hbond substituents is 3. The molecule has 286 valence electrons. The molecule has 7 amide bonds. The lowest BCUT2D eigenvalue weighted by Gasteiger charge is -2.31. The zero-order chi connectivity index (χ0) is 39.6. The Hall–Kier alpha value is -6.07. The summed E-state index contributed by atoms with van der Waals surface area (Å²) in [6.07, 6.45) is -0.365. The van der Waals surface area contributed by atoms with E-state index in [0.29, 0.717) is 15.3 Å². The number of urea groups is 3. The number of amides is 7. The van der Waals surface area contributed by atoms with E-state index in [1.165, 1.54) is 24.3 Å². The second-order valence-corrected chi connectivity index (χ2v) is 14.0. The third-order valence-electron chi connectivity index (χ3n) is 8.09. The van der Waals surface area contributed by atoms with Crippen LogP contribution in [0.5, 0.6) is 23.0 Å². The predicted molar refractivity (Wildman–Crippen MR) is 181 cm³/mol. The molecule has 1 saturated heterocycles. The van der Waals surface area contributed by atoms with Gasteiger partial charge in [-0.15, -0.1) is 0 Å². The van der Waals surface area contributed by atoms with Crippen molar-refractivity contribution in [3.63, 3.8) is 0 Å². The highest BCUT2D eigenvalue weighted by atomic mass is 35.5. The van der Waals surface area contributed by atoms with Crippen LogP contribution in [-0.4, -0.2) is 111 Å². The number of nitrogens with zero attached hydrogens (tertiary/aromatic N) is 2. The highest BCUT2D eigenvalue weighted by molar-refractivity contribution is 7.89. The number of fused-ring (bicyclic) bond motifs is 1. The Morgan fingerprint density at radius 3 is 2.44 bits per heavy atom. The monoisotopic (exact) mass is 796 g/mol. The van der Waals surface area contributed by atoms with Crippen LogP contribution in [0, 0.1) is 11.6 Å². The van der Waals surface area contributed by atoms with Gasteiger partial charge in [0.2, 0.25) is 15.9 Å². The summed E-state index contributed by atoms with van der Waals surface area (Å²) in [5, 5.41) is 57.7. The molecule has 2 aliphatic rings. The number of carboxylic acids is 1. The molecule has 1 fully saturated rings. The van der Waals surface area contributed by atoms with E-state index in [1.54, 1.807) is 0 Å². The quantitative estimate of drug-likeness (QED) is 0.103. The molecule has 2 heterocycles. The molecule has 24 heteroatoms. The molecular weight excluding hydrogens is 769 g/mol. The fraction of sp³-hybridized carbons (Fsp3) is 0.233. The van der Waals surface area contributed by atoms with Gasteiger partial charge in [0.15, 0.2) is 17.3 Å². The molecule has 1 unspecified atom stereocenters. The first kappa shape index (κ1) is 39.1. The highest BCUT2D eigenvalue weighted by Gasteiger charge is 2.43. The molecule has 2 atom stereocenters. The third-order valence-corrected chi connectivity index (χ3v) is 10.2. The van der Waals surface area contributed by atoms with Crippen molar-refractivity contribution in [3.05, 3.63) is 75.8 Å². The average molecular weight is 797 g/mol. The summed E-state index contributed by atoms with van der Waals surface area (Å²) >= 11 is 6.10. The highest BCUT2D eigenvalue weighted by Crippen LogP contribution is 2.41. The van der Waals surface area contributed by atoms with Crippen molar-refractivity contribution < 1.29 is 71.3 Å². The Kier molecular flexibility index (Phi) is 11.2. The molecule has 5 rings (SSSR count). The molecule has 3 aromatic rings. The van der Waals surface area contributed by atoms with E-state index < -0.39 is 130 Å². The van der Waals surface area contributed by atoms with Gasteiger partial charge >= 0.3 is 31.2 Å². The van der Waals surface area contributed by atoms with Gasteiger partial charge in [-0.25, -0.2) is 45.6 Å². The number of nitrogens with one attached hydrogen (secondary N) is 4. The third kappa shape index (κ3) is 8.11. The number of rotatable bonds is 10. The van der Waals surface area contributed by atoms with E-state index >= 15 is 0 Å². The van der Waals surface area contributed by atoms with Crippen molar-refractivity contribution in [2.24, 2.45) is 0 Å². The Morgan fingerprint density at radius 1 is 1.04 bits per heavy atom. The minimum absolute atomic E-state index is 0.0348. The maximum Gasteiger partial charge on any atom is 0.547 e. The molecule has 0 aliphatic carbocycles. The summed E-state index contributed by atoms with van der Waals surface area (Å²) in [5.74, 6) is -11.1. The number of carbonyl (C=O) groups excluding carboxylic acids is 4. The molecule has 54 heavy (non-hydrogen) atoms. The molecule has 0 radical (unpaired) electrons. The molecule has 3 aromatic carbocycles. The van der Waals surface area contributed by atoms with Crippen molar-refractivity contribution in [2.45, 2.75) is 18.4 Å². The molecule has 0 bridgehead atoms. The van der Waals surface area contributed by atoms with Crippen molar-refractivity contribution in [1.29, 1.82) is 0 Å². The van der Waals surface area contributed by atoms with E-state index in [0.717, 1.165) is 12.1 Å². The maximum absolute atomic E-state index is 14.6. The van der Waals surface area contributed by atoms with Crippen LogP contribution in [0.1, 0.15) is 27.5 Å². The van der Waals surface area contributed by atoms with Crippen LogP contribution in [0.4, 0.5) is 28.9 Å². The summed E-state index contributed by atoms with van der Waals surface area (Å²) in [6.45, 7) is -1.60. The van der Waals surface area contributed by atoms with E-state index in [1.807, 2.05) is 0 Å². The molecule has 0 spiro atoms. The summed E-state index contributed by atoms with van der Waals surface area (Å²) in [4.78, 5) is 64.4. The van der Waals surface area contributed by atoms with Crippen LogP contribution in [0.25, 0.3) is 0 Å². The predicted octanol–water partition coefficient (Wildman–Crippen LogP) is 1.21. The number of hydrogen-bond donors (Lipinski definition) is 9. The number of benzene rings is 3. The van der Waals surface area contributed by atoms with Crippen LogP contribution in [0.2, 0.25) is 5.02 Å². The molecule has 19 nitrogen and oxygen atoms in total. The van der Waals surface area contributed by atoms with Gasteiger partial charge in [-0.3, -0.25) is 4.79 Å². The van der Waals surface area contributed by atoms with Gasteiger partial charge in [-0.2, -0.15) is 0 Å². The number of aromatic carboxylic acids is 1. The number of phenols is 3. The van der Waals surface area contributed by atoms with Crippen LogP contribution in [0.3, 0.4) is 0 Å². The standard InChI is InChI=1S/C30H28BClF2N6O13S/c32-21-16(12-18(34)23(42)24(21)43)22(26(44)37-19-10-13-4-5-17(33)20(27(45)46)25(13)53-31(19)50)38-29(48)39-7-8-40(30(39)49)54(51,52)9-6-35-28(47)36-14-2-1-3-15(41)11-14/h1-5,11-12,19,22,41-43,50H,6-10H2,(H,37,44)(H,38,48)(H,45,46)(H2,35,36,47)/t19-,22?/m0/s1. The maximum atomic E-state index is 14.6. The van der Waals surface area contributed by atoms with Gasteiger partial charge in [0.05, 0.1) is 29.8 Å². The zero-order valence-electron chi connectivity index (χ0n) is 27.2. The van der Waals surface area contributed by atoms with Crippen molar-refractivity contribution in [2.75, 3.05) is 30.7 Å². The van der Waals surface area contributed by atoms with Gasteiger partial charge in [0, 0.05) is 23.9 Å². The molecule has 0 aromatic heterocycles. The van der Waals surface area contributed by atoms with Crippen LogP contribution < -0.4 is 25.9 Å². The lowest BCUT2D eigenvalue weighted by molar-refractivity contribution is -0.123. The summed E-state index contributed by atoms with van der Waals surface area (Å²) < 4.78 is 60.3. The second kappa shape index (κ2) is 15.5. The number of anilines is 1. The fourth-order valence-corrected chi connectivity index (χ4v) is 7.00. The Balaban J connectivity index is 1.30. The first-order valence-corrected chi connectivity index (χ1v) is 17.4. The molecular formula is C30H28BClF2N6O13S. The van der Waals surface area contributed by atoms with Crippen molar-refractivity contribution in [1.82, 2.24) is 25.2 Å². The number of sulfonamides is 1. The van der Waals surface area contributed by atoms with Crippen LogP contribution in [0.15, 0.2) is 42.5 Å². The van der Waals surface area contributed by atoms with Gasteiger partial charge in [-0.1, -0.05) is 23.7 Å². The normalized spacial score (nSPS) is 15.9. The Morgan fingerprint density at radius 2 is 1.76 bits per heavy atom. The van der Waals surface area contributed by atoms with E-state index in [-0.39, 0.29) is 23.4 Å². The van der Waals surface area contributed by atoms with Gasteiger partial charge in [0.25, 0.3) is 0 Å². The summed E-state index contributed by atoms with van der Waals surface area (Å²) in [7, 11) is -6.47. The number of carboxylic acid groups (broad SMARTS) is 1. The first-order chi connectivity index (χ1) is 25.4. The minimum atomic E-state index is -4.46. The SMILES string of the molecule is O=C(NCCS(=O)(=O)N1CCN(C(=O)NC(C(=O)N[C@H]2Cc3ccc(F)c(C(=O)O)c3OB2O)c2cc(F)c(O)c(O)c2Cl)C1=O)Nc1cccc(O)c1. The zero-order valence-corrected chi connectivity index (χ0v) is 28.8. The molecule has 2 aliphatic heterocycles. The Bertz CT molecular complexity index is 2170. The average Bonchev–Trinajstić information content (AvgIpc) is 3.50. The van der Waals surface area contributed by atoms with Crippen LogP contribution >= 0.6 is 11.6 Å². The van der Waals surface area contributed by atoms with Gasteiger partial charge in [0.1, 0.15) is 28.9 Å². The number of carbonyl (C=O) groups is 5. The smallest absolute Gasteiger partial charge is 0.534 e. The van der Waals surface area contributed by atoms with Crippen molar-refractivity contribution in [3.8, 4) is 23.0 Å². The van der Waals surface area contributed by atoms with E-state index in [2.05, 4.69) is 21.3 Å². The van der Waals surface area contributed by atoms with Gasteiger partial charge < -0.3 is 51.4 Å². The number of hydrogen-bond acceptors (Lipinski definition) is 12. The summed E-state index contributed by atoms with van der Waals surface area (Å²) in [6, 6.07) is 2.15. The number of aromatic hydroxyl groups is 3. The Labute approximate surface area is 308 Å². The van der Waals surface area contributed by atoms with E-state index in [9.17, 15) is 66.6 Å². The lowest BCUT2D eigenvalue weighted by atomic mass is 9.72.